The van der Waals surface area contributed by atoms with Crippen LogP contribution in [0.25, 0.3) is 0 Å². The number of nitrogens with two attached hydrogens (primary N) is 1. The Balaban J connectivity index is 1.62. The van der Waals surface area contributed by atoms with Crippen LogP contribution >= 0.6 is 0 Å². The van der Waals surface area contributed by atoms with Crippen molar-refractivity contribution in [1.82, 2.24) is 5.32 Å². The second kappa shape index (κ2) is 8.81. The van der Waals surface area contributed by atoms with Crippen molar-refractivity contribution in [2.75, 3.05) is 0 Å². The molecular weight excluding hydrogens is 398 g/mol. The van der Waals surface area contributed by atoms with Crippen LogP contribution in [0.3, 0.4) is 0 Å². The average molecular weight is 426 g/mol. The number of primary amides is 1. The first-order valence-electron chi connectivity index (χ1n) is 10.2. The molecule has 1 aliphatic rings. The number of carbonyl (C=O) groups excluding carboxylic acids is 2. The van der Waals surface area contributed by atoms with Gasteiger partial charge in [0, 0.05) is 6.42 Å². The van der Waals surface area contributed by atoms with Crippen molar-refractivity contribution >= 4 is 24.4 Å². The highest BCUT2D eigenvalue weighted by atomic mass is 19.1. The third-order valence-corrected chi connectivity index (χ3v) is 5.90. The highest BCUT2D eigenvalue weighted by Crippen LogP contribution is 2.36. The molecule has 0 radical (unpaired) electrons. The fourth-order valence-corrected chi connectivity index (χ4v) is 3.28. The summed E-state index contributed by atoms with van der Waals surface area (Å²) in [6.07, 6.45) is 0.291. The molecule has 2 aromatic carbocycles. The van der Waals surface area contributed by atoms with Crippen molar-refractivity contribution in [1.29, 1.82) is 0 Å². The molecule has 31 heavy (non-hydrogen) atoms. The van der Waals surface area contributed by atoms with Gasteiger partial charge in [0.15, 0.2) is 0 Å². The van der Waals surface area contributed by atoms with Gasteiger partial charge in [-0.05, 0) is 56.4 Å². The predicted octanol–water partition coefficient (Wildman–Crippen LogP) is 1.88. The highest BCUT2D eigenvalue weighted by Gasteiger charge is 2.51. The first-order chi connectivity index (χ1) is 14.5. The molecule has 2 amide bonds. The van der Waals surface area contributed by atoms with Crippen molar-refractivity contribution in [3.05, 3.63) is 65.5 Å². The number of rotatable bonds is 7. The van der Waals surface area contributed by atoms with Crippen molar-refractivity contribution in [3.63, 3.8) is 0 Å². The molecule has 0 spiro atoms. The number of carbonyl (C=O) groups is 2. The third kappa shape index (κ3) is 5.51. The molecule has 0 aliphatic carbocycles. The minimum atomic E-state index is -0.851. The largest absolute Gasteiger partial charge is 0.494 e. The van der Waals surface area contributed by atoms with Crippen LogP contribution < -0.4 is 16.5 Å². The zero-order valence-electron chi connectivity index (χ0n) is 18.3. The summed E-state index contributed by atoms with van der Waals surface area (Å²) in [5.74, 6) is -1.35. The van der Waals surface area contributed by atoms with Gasteiger partial charge >= 0.3 is 7.12 Å². The summed E-state index contributed by atoms with van der Waals surface area (Å²) in [6, 6.07) is 12.3. The number of halogens is 1. The van der Waals surface area contributed by atoms with Crippen LogP contribution in [-0.2, 0) is 31.7 Å². The summed E-state index contributed by atoms with van der Waals surface area (Å²) in [7, 11) is -0.471. The molecule has 1 heterocycles. The monoisotopic (exact) mass is 426 g/mol. The SMILES string of the molecule is CC1(C)OB(c2ccc(C[C@@H](NC(=O)Cc3ccc(F)cc3)C(N)=O)cc2)OC1(C)C. The normalized spacial score (nSPS) is 17.9. The van der Waals surface area contributed by atoms with Gasteiger partial charge in [0.2, 0.25) is 11.8 Å². The smallest absolute Gasteiger partial charge is 0.399 e. The lowest BCUT2D eigenvalue weighted by molar-refractivity contribution is -0.127. The van der Waals surface area contributed by atoms with Crippen LogP contribution in [0.15, 0.2) is 48.5 Å². The summed E-state index contributed by atoms with van der Waals surface area (Å²) in [4.78, 5) is 24.2. The Morgan fingerprint density at radius 2 is 1.48 bits per heavy atom. The van der Waals surface area contributed by atoms with Crippen LogP contribution in [0, 0.1) is 5.82 Å². The van der Waals surface area contributed by atoms with Crippen LogP contribution in [0.4, 0.5) is 4.39 Å². The predicted molar refractivity (Wildman–Crippen MR) is 117 cm³/mol. The summed E-state index contributed by atoms with van der Waals surface area (Å²) in [5.41, 5.74) is 6.99. The van der Waals surface area contributed by atoms with Gasteiger partial charge in [-0.1, -0.05) is 36.4 Å². The Morgan fingerprint density at radius 1 is 0.968 bits per heavy atom. The fraction of sp³-hybridized carbons (Fsp3) is 0.391. The maximum atomic E-state index is 13.0. The maximum absolute atomic E-state index is 13.0. The van der Waals surface area contributed by atoms with Crippen molar-refractivity contribution < 1.29 is 23.3 Å². The standard InChI is InChI=1S/C23H28BFN2O4/c1-22(2)23(3,4)31-24(30-22)17-9-5-15(6-10-17)13-19(21(26)29)27-20(28)14-16-7-11-18(25)12-8-16/h5-12,19H,13-14H2,1-4H3,(H2,26,29)(H,27,28)/t19-/m1/s1. The molecule has 0 unspecified atom stereocenters. The van der Waals surface area contributed by atoms with Gasteiger partial charge in [-0.2, -0.15) is 0 Å². The Labute approximate surface area is 182 Å². The lowest BCUT2D eigenvalue weighted by atomic mass is 9.78. The molecule has 0 aromatic heterocycles. The summed E-state index contributed by atoms with van der Waals surface area (Å²) < 4.78 is 25.1. The Hall–Kier alpha value is -2.71. The molecule has 1 aliphatic heterocycles. The van der Waals surface area contributed by atoms with Crippen LogP contribution in [-0.4, -0.2) is 36.2 Å². The maximum Gasteiger partial charge on any atom is 0.494 e. The minimum absolute atomic E-state index is 0.0327. The van der Waals surface area contributed by atoms with E-state index in [1.807, 2.05) is 52.0 Å². The molecule has 6 nitrogen and oxygen atoms in total. The van der Waals surface area contributed by atoms with E-state index in [-0.39, 0.29) is 24.6 Å². The summed E-state index contributed by atoms with van der Waals surface area (Å²) in [5, 5.41) is 2.66. The van der Waals surface area contributed by atoms with Crippen LogP contribution in [0.5, 0.6) is 0 Å². The quantitative estimate of drug-likeness (QED) is 0.662. The summed E-state index contributed by atoms with van der Waals surface area (Å²) >= 11 is 0. The van der Waals surface area contributed by atoms with Gasteiger partial charge in [-0.3, -0.25) is 9.59 Å². The molecule has 0 saturated carbocycles. The molecule has 1 fully saturated rings. The van der Waals surface area contributed by atoms with Gasteiger partial charge in [-0.15, -0.1) is 0 Å². The van der Waals surface area contributed by atoms with Crippen molar-refractivity contribution in [2.45, 2.75) is 57.8 Å². The van der Waals surface area contributed by atoms with E-state index in [1.165, 1.54) is 24.3 Å². The molecular formula is C23H28BFN2O4. The molecule has 0 bridgehead atoms. The zero-order chi connectivity index (χ0) is 22.8. The van der Waals surface area contributed by atoms with E-state index in [9.17, 15) is 14.0 Å². The average Bonchev–Trinajstić information content (AvgIpc) is 2.91. The number of hydrogen-bond donors (Lipinski definition) is 2. The van der Waals surface area contributed by atoms with Crippen LogP contribution in [0.2, 0.25) is 0 Å². The Morgan fingerprint density at radius 3 is 2.00 bits per heavy atom. The van der Waals surface area contributed by atoms with E-state index >= 15 is 0 Å². The Kier molecular flexibility index (Phi) is 6.52. The van der Waals surface area contributed by atoms with E-state index < -0.39 is 30.3 Å². The third-order valence-electron chi connectivity index (χ3n) is 5.90. The zero-order valence-corrected chi connectivity index (χ0v) is 18.3. The molecule has 3 N–H and O–H groups in total. The first kappa shape index (κ1) is 23.0. The molecule has 164 valence electrons. The second-order valence-electron chi connectivity index (χ2n) is 8.86. The highest BCUT2D eigenvalue weighted by molar-refractivity contribution is 6.62. The molecule has 3 rings (SSSR count). The van der Waals surface area contributed by atoms with Gasteiger partial charge in [0.25, 0.3) is 0 Å². The Bertz CT molecular complexity index is 929. The number of nitrogens with one attached hydrogen (secondary N) is 1. The van der Waals surface area contributed by atoms with E-state index in [1.54, 1.807) is 0 Å². The van der Waals surface area contributed by atoms with E-state index in [0.29, 0.717) is 5.56 Å². The second-order valence-corrected chi connectivity index (χ2v) is 8.86. The topological polar surface area (TPSA) is 90.6 Å². The van der Waals surface area contributed by atoms with Gasteiger partial charge in [0.05, 0.1) is 17.6 Å². The number of hydrogen-bond acceptors (Lipinski definition) is 4. The molecule has 1 atom stereocenters. The lowest BCUT2D eigenvalue weighted by Gasteiger charge is -2.32. The summed E-state index contributed by atoms with van der Waals surface area (Å²) in [6.45, 7) is 7.97. The van der Waals surface area contributed by atoms with Gasteiger partial charge in [0.1, 0.15) is 11.9 Å². The van der Waals surface area contributed by atoms with Crippen molar-refractivity contribution in [2.24, 2.45) is 5.73 Å². The minimum Gasteiger partial charge on any atom is -0.399 e. The van der Waals surface area contributed by atoms with Gasteiger partial charge in [-0.25, -0.2) is 4.39 Å². The fourth-order valence-electron chi connectivity index (χ4n) is 3.28. The lowest BCUT2D eigenvalue weighted by Crippen LogP contribution is -2.46. The van der Waals surface area contributed by atoms with E-state index in [0.717, 1.165) is 11.0 Å². The van der Waals surface area contributed by atoms with Gasteiger partial charge < -0.3 is 20.4 Å². The van der Waals surface area contributed by atoms with Crippen LogP contribution in [0.1, 0.15) is 38.8 Å². The van der Waals surface area contributed by atoms with E-state index in [2.05, 4.69) is 5.32 Å². The number of amides is 2. The number of benzene rings is 2. The molecule has 1 saturated heterocycles. The van der Waals surface area contributed by atoms with E-state index in [4.69, 9.17) is 15.0 Å². The molecule has 8 heteroatoms. The van der Waals surface area contributed by atoms with Crippen molar-refractivity contribution in [3.8, 4) is 0 Å². The molecule has 2 aromatic rings. The first-order valence-corrected chi connectivity index (χ1v) is 10.2.